The van der Waals surface area contributed by atoms with Gasteiger partial charge in [0.1, 0.15) is 12.2 Å². The molecule has 1 fully saturated rings. The van der Waals surface area contributed by atoms with Gasteiger partial charge in [0.05, 0.1) is 0 Å². The quantitative estimate of drug-likeness (QED) is 0.828. The van der Waals surface area contributed by atoms with E-state index >= 15 is 0 Å². The molecule has 0 spiro atoms. The third-order valence-corrected chi connectivity index (χ3v) is 4.83. The van der Waals surface area contributed by atoms with Crippen LogP contribution in [-0.2, 0) is 9.59 Å². The van der Waals surface area contributed by atoms with Gasteiger partial charge in [0.15, 0.2) is 5.82 Å². The molecule has 2 aromatic heterocycles. The van der Waals surface area contributed by atoms with Gasteiger partial charge in [-0.1, -0.05) is 6.07 Å². The van der Waals surface area contributed by atoms with Crippen molar-refractivity contribution in [2.24, 2.45) is 0 Å². The van der Waals surface area contributed by atoms with Gasteiger partial charge in [-0.15, -0.1) is 0 Å². The van der Waals surface area contributed by atoms with E-state index < -0.39 is 5.97 Å². The van der Waals surface area contributed by atoms with Crippen molar-refractivity contribution in [2.45, 2.75) is 32.2 Å². The third-order valence-electron chi connectivity index (χ3n) is 4.83. The number of carboxylic acid groups (broad SMARTS) is 1. The highest BCUT2D eigenvalue weighted by Gasteiger charge is 2.28. The minimum absolute atomic E-state index is 0.178. The maximum absolute atomic E-state index is 12.9. The van der Waals surface area contributed by atoms with Gasteiger partial charge < -0.3 is 14.9 Å². The molecule has 3 rings (SSSR count). The summed E-state index contributed by atoms with van der Waals surface area (Å²) in [7, 11) is 0. The molecule has 3 heterocycles. The number of hydrogen-bond donors (Lipinski definition) is 1. The lowest BCUT2D eigenvalue weighted by Gasteiger charge is -2.28. The van der Waals surface area contributed by atoms with Crippen LogP contribution in [0.4, 0.5) is 0 Å². The number of likely N-dealkylation sites (tertiary alicyclic amines) is 1. The van der Waals surface area contributed by atoms with Gasteiger partial charge in [-0.25, -0.2) is 9.67 Å². The summed E-state index contributed by atoms with van der Waals surface area (Å²) in [5.41, 5.74) is 0.334. The second kappa shape index (κ2) is 8.64. The number of aromatic nitrogens is 3. The SMILES string of the molecule is CC(=O)N(CC(=O)O)C1CCCN(C(=O)c2cccc(-n3cccn3)n2)CC1. The largest absolute Gasteiger partial charge is 0.480 e. The van der Waals surface area contributed by atoms with Crippen molar-refractivity contribution in [3.63, 3.8) is 0 Å². The Labute approximate surface area is 162 Å². The highest BCUT2D eigenvalue weighted by atomic mass is 16.4. The van der Waals surface area contributed by atoms with Gasteiger partial charge in [-0.05, 0) is 37.5 Å². The number of rotatable bonds is 5. The highest BCUT2D eigenvalue weighted by molar-refractivity contribution is 5.92. The predicted molar refractivity (Wildman–Crippen MR) is 99.9 cm³/mol. The molecule has 2 amide bonds. The Hall–Kier alpha value is -3.23. The van der Waals surface area contributed by atoms with E-state index in [1.807, 2.05) is 0 Å². The summed E-state index contributed by atoms with van der Waals surface area (Å²) >= 11 is 0. The fourth-order valence-corrected chi connectivity index (χ4v) is 3.47. The Balaban J connectivity index is 1.70. The molecule has 9 heteroatoms. The second-order valence-electron chi connectivity index (χ2n) is 6.75. The number of carbonyl (C=O) groups is 3. The average molecular weight is 385 g/mol. The van der Waals surface area contributed by atoms with Gasteiger partial charge in [-0.2, -0.15) is 5.10 Å². The molecule has 1 saturated heterocycles. The van der Waals surface area contributed by atoms with Crippen LogP contribution >= 0.6 is 0 Å². The summed E-state index contributed by atoms with van der Waals surface area (Å²) in [6.45, 7) is 2.05. The first kappa shape index (κ1) is 19.5. The summed E-state index contributed by atoms with van der Waals surface area (Å²) in [6.07, 6.45) is 5.29. The zero-order valence-electron chi connectivity index (χ0n) is 15.7. The van der Waals surface area contributed by atoms with Crippen molar-refractivity contribution in [3.05, 3.63) is 42.4 Å². The molecule has 0 aliphatic carbocycles. The van der Waals surface area contributed by atoms with Crippen LogP contribution in [-0.4, -0.2) is 73.1 Å². The van der Waals surface area contributed by atoms with E-state index in [4.69, 9.17) is 5.11 Å². The maximum Gasteiger partial charge on any atom is 0.323 e. The van der Waals surface area contributed by atoms with E-state index in [9.17, 15) is 14.4 Å². The van der Waals surface area contributed by atoms with E-state index in [2.05, 4.69) is 10.1 Å². The van der Waals surface area contributed by atoms with E-state index in [-0.39, 0.29) is 24.4 Å². The Kier molecular flexibility index (Phi) is 6.03. The van der Waals surface area contributed by atoms with Crippen LogP contribution in [0.15, 0.2) is 36.7 Å². The van der Waals surface area contributed by atoms with Crippen LogP contribution in [0.25, 0.3) is 5.82 Å². The first-order valence-electron chi connectivity index (χ1n) is 9.21. The standard InChI is InChI=1S/C19H23N5O4/c1-14(25)23(13-18(26)27)15-5-3-10-22(12-8-15)19(28)16-6-2-7-17(21-16)24-11-4-9-20-24/h2,4,6-7,9,11,15H,3,5,8,10,12-13H2,1H3,(H,26,27). The molecule has 9 nitrogen and oxygen atoms in total. The Morgan fingerprint density at radius 2 is 2.04 bits per heavy atom. The van der Waals surface area contributed by atoms with E-state index in [1.54, 1.807) is 46.2 Å². The lowest BCUT2D eigenvalue weighted by Crippen LogP contribution is -2.43. The van der Waals surface area contributed by atoms with Crippen molar-refractivity contribution < 1.29 is 19.5 Å². The zero-order chi connectivity index (χ0) is 20.1. The number of carbonyl (C=O) groups excluding carboxylic acids is 2. The fourth-order valence-electron chi connectivity index (χ4n) is 3.47. The van der Waals surface area contributed by atoms with Gasteiger partial charge >= 0.3 is 5.97 Å². The molecule has 0 bridgehead atoms. The summed E-state index contributed by atoms with van der Waals surface area (Å²) in [6, 6.07) is 6.81. The summed E-state index contributed by atoms with van der Waals surface area (Å²) in [5.74, 6) is -0.914. The van der Waals surface area contributed by atoms with Crippen LogP contribution in [0.5, 0.6) is 0 Å². The van der Waals surface area contributed by atoms with E-state index in [0.29, 0.717) is 43.9 Å². The number of carboxylic acids is 1. The van der Waals surface area contributed by atoms with Crippen LogP contribution in [0, 0.1) is 0 Å². The lowest BCUT2D eigenvalue weighted by molar-refractivity contribution is -0.145. The summed E-state index contributed by atoms with van der Waals surface area (Å²) in [5, 5.41) is 13.2. The van der Waals surface area contributed by atoms with Crippen molar-refractivity contribution >= 4 is 17.8 Å². The molecule has 1 aliphatic heterocycles. The number of aliphatic carboxylic acids is 1. The number of pyridine rings is 1. The topological polar surface area (TPSA) is 109 Å². The molecule has 1 N–H and O–H groups in total. The number of amides is 2. The molecule has 1 atom stereocenters. The number of hydrogen-bond acceptors (Lipinski definition) is 5. The van der Waals surface area contributed by atoms with Crippen molar-refractivity contribution in [3.8, 4) is 5.82 Å². The molecule has 1 unspecified atom stereocenters. The minimum atomic E-state index is -1.04. The summed E-state index contributed by atoms with van der Waals surface area (Å²) in [4.78, 5) is 43.3. The monoisotopic (exact) mass is 385 g/mol. The van der Waals surface area contributed by atoms with Gasteiger partial charge in [0.2, 0.25) is 5.91 Å². The molecule has 2 aromatic rings. The van der Waals surface area contributed by atoms with E-state index in [1.165, 1.54) is 11.8 Å². The van der Waals surface area contributed by atoms with Gasteiger partial charge in [0.25, 0.3) is 5.91 Å². The van der Waals surface area contributed by atoms with Crippen LogP contribution in [0.1, 0.15) is 36.7 Å². The maximum atomic E-state index is 12.9. The van der Waals surface area contributed by atoms with Gasteiger partial charge in [-0.3, -0.25) is 14.4 Å². The minimum Gasteiger partial charge on any atom is -0.480 e. The Bertz CT molecular complexity index is 852. The molecule has 148 valence electrons. The zero-order valence-corrected chi connectivity index (χ0v) is 15.7. The van der Waals surface area contributed by atoms with Gasteiger partial charge in [0, 0.05) is 38.4 Å². The first-order valence-corrected chi connectivity index (χ1v) is 9.21. The molecular weight excluding hydrogens is 362 g/mol. The predicted octanol–water partition coefficient (Wildman–Crippen LogP) is 1.20. The average Bonchev–Trinajstić information content (AvgIpc) is 3.11. The molecule has 0 radical (unpaired) electrons. The number of nitrogens with zero attached hydrogens (tertiary/aromatic N) is 5. The van der Waals surface area contributed by atoms with E-state index in [0.717, 1.165) is 0 Å². The highest BCUT2D eigenvalue weighted by Crippen LogP contribution is 2.19. The smallest absolute Gasteiger partial charge is 0.323 e. The van der Waals surface area contributed by atoms with Crippen molar-refractivity contribution in [1.82, 2.24) is 24.6 Å². The Morgan fingerprint density at radius 1 is 1.21 bits per heavy atom. The lowest BCUT2D eigenvalue weighted by atomic mass is 10.1. The van der Waals surface area contributed by atoms with Crippen LogP contribution < -0.4 is 0 Å². The second-order valence-corrected chi connectivity index (χ2v) is 6.75. The van der Waals surface area contributed by atoms with Crippen LogP contribution in [0.3, 0.4) is 0 Å². The summed E-state index contributed by atoms with van der Waals surface area (Å²) < 4.78 is 1.59. The fraction of sp³-hybridized carbons (Fsp3) is 0.421. The first-order chi connectivity index (χ1) is 13.5. The Morgan fingerprint density at radius 3 is 2.71 bits per heavy atom. The molecule has 28 heavy (non-hydrogen) atoms. The third kappa shape index (κ3) is 4.54. The molecule has 0 aromatic carbocycles. The van der Waals surface area contributed by atoms with Crippen molar-refractivity contribution in [2.75, 3.05) is 19.6 Å². The normalized spacial score (nSPS) is 17.0. The van der Waals surface area contributed by atoms with Crippen molar-refractivity contribution in [1.29, 1.82) is 0 Å². The molecule has 0 saturated carbocycles. The molecule has 1 aliphatic rings. The van der Waals surface area contributed by atoms with Crippen LogP contribution in [0.2, 0.25) is 0 Å². The molecular formula is C19H23N5O4.